The highest BCUT2D eigenvalue weighted by molar-refractivity contribution is 5.52. The van der Waals surface area contributed by atoms with Gasteiger partial charge in [-0.25, -0.2) is 0 Å². The van der Waals surface area contributed by atoms with Gasteiger partial charge >= 0.3 is 0 Å². The highest BCUT2D eigenvalue weighted by atomic mass is 16.3. The lowest BCUT2D eigenvalue weighted by Gasteiger charge is -1.96. The molecule has 5 nitrogen and oxygen atoms in total. The van der Waals surface area contributed by atoms with E-state index in [-0.39, 0.29) is 23.0 Å². The topological polar surface area (TPSA) is 101 Å². The summed E-state index contributed by atoms with van der Waals surface area (Å²) in [5.74, 6) is -0.993. The first-order valence-corrected chi connectivity index (χ1v) is 5.29. The van der Waals surface area contributed by atoms with Crippen LogP contribution in [0.5, 0.6) is 28.7 Å². The standard InChI is InChI=1S/C8H8O2.C6H6O3/c1-2-6-3-7(9)5-8(10)4-6;7-4-2-1-3-5(8)6(4)9/h2-5,9-10H,1H2;1-3,7-9H. The molecule has 0 spiro atoms. The monoisotopic (exact) mass is 262 g/mol. The minimum Gasteiger partial charge on any atom is -0.508 e. The summed E-state index contributed by atoms with van der Waals surface area (Å²) in [5, 5.41) is 43.9. The van der Waals surface area contributed by atoms with E-state index in [0.717, 1.165) is 0 Å². The van der Waals surface area contributed by atoms with Gasteiger partial charge in [-0.3, -0.25) is 0 Å². The second kappa shape index (κ2) is 6.20. The van der Waals surface area contributed by atoms with E-state index in [2.05, 4.69) is 6.58 Å². The van der Waals surface area contributed by atoms with E-state index in [1.807, 2.05) is 0 Å². The normalized spacial score (nSPS) is 9.26. The van der Waals surface area contributed by atoms with Crippen molar-refractivity contribution in [2.75, 3.05) is 0 Å². The Morgan fingerprint density at radius 1 is 0.789 bits per heavy atom. The smallest absolute Gasteiger partial charge is 0.200 e. The van der Waals surface area contributed by atoms with E-state index in [0.29, 0.717) is 5.56 Å². The zero-order valence-electron chi connectivity index (χ0n) is 9.98. The van der Waals surface area contributed by atoms with Crippen LogP contribution in [-0.4, -0.2) is 25.5 Å². The highest BCUT2D eigenvalue weighted by Crippen LogP contribution is 2.32. The summed E-state index contributed by atoms with van der Waals surface area (Å²) < 4.78 is 0. The molecule has 19 heavy (non-hydrogen) atoms. The Kier molecular flexibility index (Phi) is 4.65. The molecule has 0 saturated carbocycles. The van der Waals surface area contributed by atoms with Crippen molar-refractivity contribution in [3.8, 4) is 28.7 Å². The van der Waals surface area contributed by atoms with E-state index in [1.165, 1.54) is 36.4 Å². The number of para-hydroxylation sites is 1. The van der Waals surface area contributed by atoms with Gasteiger partial charge in [0.1, 0.15) is 11.5 Å². The predicted octanol–water partition coefficient (Wildman–Crippen LogP) is 2.54. The van der Waals surface area contributed by atoms with E-state index < -0.39 is 5.75 Å². The predicted molar refractivity (Wildman–Crippen MR) is 71.3 cm³/mol. The van der Waals surface area contributed by atoms with Gasteiger partial charge in [-0.1, -0.05) is 18.7 Å². The second-order valence-corrected chi connectivity index (χ2v) is 3.63. The van der Waals surface area contributed by atoms with Gasteiger partial charge in [0, 0.05) is 6.07 Å². The molecule has 0 aliphatic rings. The zero-order valence-corrected chi connectivity index (χ0v) is 9.98. The summed E-state index contributed by atoms with van der Waals surface area (Å²) in [6, 6.07) is 8.32. The van der Waals surface area contributed by atoms with Crippen molar-refractivity contribution in [2.24, 2.45) is 0 Å². The maximum atomic E-state index is 8.92. The lowest BCUT2D eigenvalue weighted by Crippen LogP contribution is -1.71. The quantitative estimate of drug-likeness (QED) is 0.508. The summed E-state index contributed by atoms with van der Waals surface area (Å²) in [6.07, 6.45) is 1.56. The number of rotatable bonds is 1. The van der Waals surface area contributed by atoms with Gasteiger partial charge in [-0.2, -0.15) is 0 Å². The molecule has 0 radical (unpaired) electrons. The van der Waals surface area contributed by atoms with Gasteiger partial charge in [-0.15, -0.1) is 0 Å². The molecule has 0 aliphatic heterocycles. The van der Waals surface area contributed by atoms with Crippen LogP contribution in [0.1, 0.15) is 5.56 Å². The Bertz CT molecular complexity index is 538. The number of hydrogen-bond acceptors (Lipinski definition) is 5. The van der Waals surface area contributed by atoms with Gasteiger partial charge < -0.3 is 25.5 Å². The third kappa shape index (κ3) is 4.16. The molecule has 0 aromatic heterocycles. The van der Waals surface area contributed by atoms with Crippen LogP contribution >= 0.6 is 0 Å². The largest absolute Gasteiger partial charge is 0.508 e. The Morgan fingerprint density at radius 2 is 1.26 bits per heavy atom. The van der Waals surface area contributed by atoms with Crippen LogP contribution < -0.4 is 0 Å². The molecule has 2 aromatic rings. The highest BCUT2D eigenvalue weighted by Gasteiger charge is 2.01. The van der Waals surface area contributed by atoms with Crippen molar-refractivity contribution in [3.05, 3.63) is 48.5 Å². The molecule has 2 aromatic carbocycles. The van der Waals surface area contributed by atoms with Gasteiger partial charge in [0.15, 0.2) is 17.2 Å². The van der Waals surface area contributed by atoms with Crippen LogP contribution in [0, 0.1) is 0 Å². The molecule has 0 unspecified atom stereocenters. The summed E-state index contributed by atoms with van der Waals surface area (Å²) in [7, 11) is 0. The number of hydrogen-bond donors (Lipinski definition) is 5. The van der Waals surface area contributed by atoms with Crippen molar-refractivity contribution in [1.82, 2.24) is 0 Å². The minimum absolute atomic E-state index is 0.0508. The number of benzene rings is 2. The van der Waals surface area contributed by atoms with Crippen molar-refractivity contribution in [2.45, 2.75) is 0 Å². The molecule has 5 N–H and O–H groups in total. The average Bonchev–Trinajstić information content (AvgIpc) is 2.35. The SMILES string of the molecule is C=Cc1cc(O)cc(O)c1.Oc1cccc(O)c1O. The van der Waals surface area contributed by atoms with Crippen molar-refractivity contribution >= 4 is 6.08 Å². The van der Waals surface area contributed by atoms with E-state index in [4.69, 9.17) is 25.5 Å². The fourth-order valence-corrected chi connectivity index (χ4v) is 1.26. The van der Waals surface area contributed by atoms with Crippen LogP contribution in [0.2, 0.25) is 0 Å². The second-order valence-electron chi connectivity index (χ2n) is 3.63. The molecule has 0 bridgehead atoms. The number of aromatic hydroxyl groups is 5. The molecule has 100 valence electrons. The molecule has 0 aliphatic carbocycles. The van der Waals surface area contributed by atoms with Crippen molar-refractivity contribution in [1.29, 1.82) is 0 Å². The molecular weight excluding hydrogens is 248 g/mol. The minimum atomic E-state index is -0.475. The number of phenols is 5. The average molecular weight is 262 g/mol. The fraction of sp³-hybridized carbons (Fsp3) is 0. The van der Waals surface area contributed by atoms with Gasteiger partial charge in [0.2, 0.25) is 0 Å². The first-order chi connectivity index (χ1) is 8.93. The fourth-order valence-electron chi connectivity index (χ4n) is 1.26. The van der Waals surface area contributed by atoms with Crippen molar-refractivity contribution in [3.63, 3.8) is 0 Å². The molecular formula is C14H14O5. The lowest BCUT2D eigenvalue weighted by molar-refractivity contribution is 0.368. The summed E-state index contributed by atoms with van der Waals surface area (Å²) in [5.41, 5.74) is 0.706. The van der Waals surface area contributed by atoms with Crippen LogP contribution in [0.3, 0.4) is 0 Å². The molecule has 0 fully saturated rings. The van der Waals surface area contributed by atoms with E-state index >= 15 is 0 Å². The molecule has 2 rings (SSSR count). The van der Waals surface area contributed by atoms with Crippen LogP contribution in [0.15, 0.2) is 43.0 Å². The molecule has 0 amide bonds. The Labute approximate surface area is 110 Å². The van der Waals surface area contributed by atoms with Gasteiger partial charge in [-0.05, 0) is 29.8 Å². The van der Waals surface area contributed by atoms with Gasteiger partial charge in [0.25, 0.3) is 0 Å². The molecule has 0 heterocycles. The van der Waals surface area contributed by atoms with Crippen LogP contribution in [0.25, 0.3) is 6.08 Å². The summed E-state index contributed by atoms with van der Waals surface area (Å²) >= 11 is 0. The van der Waals surface area contributed by atoms with Crippen LogP contribution in [-0.2, 0) is 0 Å². The van der Waals surface area contributed by atoms with E-state index in [1.54, 1.807) is 6.08 Å². The van der Waals surface area contributed by atoms with E-state index in [9.17, 15) is 0 Å². The van der Waals surface area contributed by atoms with Crippen LogP contribution in [0.4, 0.5) is 0 Å². The van der Waals surface area contributed by atoms with Crippen molar-refractivity contribution < 1.29 is 25.5 Å². The first-order valence-electron chi connectivity index (χ1n) is 5.29. The Morgan fingerprint density at radius 3 is 1.63 bits per heavy atom. The zero-order chi connectivity index (χ0) is 14.4. The maximum absolute atomic E-state index is 8.92. The molecule has 0 saturated heterocycles. The lowest BCUT2D eigenvalue weighted by atomic mass is 10.2. The third-order valence-corrected chi connectivity index (χ3v) is 2.15. The van der Waals surface area contributed by atoms with Gasteiger partial charge in [0.05, 0.1) is 0 Å². The number of phenolic OH excluding ortho intramolecular Hbond substituents is 5. The maximum Gasteiger partial charge on any atom is 0.200 e. The summed E-state index contributed by atoms with van der Waals surface area (Å²) in [4.78, 5) is 0. The molecule has 5 heteroatoms. The third-order valence-electron chi connectivity index (χ3n) is 2.15. The first kappa shape index (κ1) is 14.2. The Hall–Kier alpha value is -2.82. The molecule has 0 atom stereocenters. The summed E-state index contributed by atoms with van der Waals surface area (Å²) in [6.45, 7) is 3.49. The Balaban J connectivity index is 0.000000191.